The molecule has 0 radical (unpaired) electrons. The van der Waals surface area contributed by atoms with Crippen molar-refractivity contribution in [2.24, 2.45) is 0 Å². The van der Waals surface area contributed by atoms with Gasteiger partial charge >= 0.3 is 0 Å². The Balaban J connectivity index is 2.18. The molecule has 0 saturated carbocycles. The van der Waals surface area contributed by atoms with Gasteiger partial charge in [-0.05, 0) is 35.9 Å². The van der Waals surface area contributed by atoms with Crippen LogP contribution in [0.3, 0.4) is 0 Å². The van der Waals surface area contributed by atoms with Crippen molar-refractivity contribution in [3.05, 3.63) is 65.7 Å². The van der Waals surface area contributed by atoms with Crippen molar-refractivity contribution in [1.29, 1.82) is 5.26 Å². The van der Waals surface area contributed by atoms with E-state index in [0.717, 1.165) is 0 Å². The van der Waals surface area contributed by atoms with Crippen LogP contribution in [0.15, 0.2) is 54.4 Å². The minimum atomic E-state index is -0.537. The van der Waals surface area contributed by atoms with Gasteiger partial charge in [-0.25, -0.2) is 4.39 Å². The molecule has 1 amide bonds. The molecule has 20 heavy (non-hydrogen) atoms. The average molecular weight is 267 g/mol. The minimum absolute atomic E-state index is 0.0690. The fourth-order valence-electron chi connectivity index (χ4n) is 1.51. The number of nitrogens with zero attached hydrogens (tertiary/aromatic N) is 2. The van der Waals surface area contributed by atoms with Crippen molar-refractivity contribution < 1.29 is 9.18 Å². The molecule has 1 N–H and O–H groups in total. The second-order valence-corrected chi connectivity index (χ2v) is 3.92. The summed E-state index contributed by atoms with van der Waals surface area (Å²) in [6.07, 6.45) is 4.45. The molecule has 0 atom stereocenters. The van der Waals surface area contributed by atoms with Crippen LogP contribution in [0, 0.1) is 17.1 Å². The van der Waals surface area contributed by atoms with Gasteiger partial charge in [0.25, 0.3) is 5.91 Å². The van der Waals surface area contributed by atoms with Gasteiger partial charge in [-0.2, -0.15) is 5.26 Å². The largest absolute Gasteiger partial charge is 0.320 e. The normalized spacial score (nSPS) is 10.7. The first-order valence-electron chi connectivity index (χ1n) is 5.78. The molecule has 4 nitrogen and oxygen atoms in total. The smallest absolute Gasteiger partial charge is 0.266 e. The zero-order valence-corrected chi connectivity index (χ0v) is 10.4. The Morgan fingerprint density at radius 2 is 2.05 bits per heavy atom. The maximum absolute atomic E-state index is 12.8. The van der Waals surface area contributed by atoms with Crippen LogP contribution in [-0.2, 0) is 4.79 Å². The van der Waals surface area contributed by atoms with Crippen molar-refractivity contribution in [3.8, 4) is 6.07 Å². The highest BCUT2D eigenvalue weighted by atomic mass is 19.1. The predicted octanol–water partition coefficient (Wildman–Crippen LogP) is 2.77. The number of amides is 1. The molecule has 1 aromatic carbocycles. The fraction of sp³-hybridized carbons (Fsp3) is 0. The number of nitriles is 1. The van der Waals surface area contributed by atoms with E-state index in [0.29, 0.717) is 11.3 Å². The molecule has 2 rings (SSSR count). The third kappa shape index (κ3) is 3.50. The second-order valence-electron chi connectivity index (χ2n) is 3.92. The number of nitrogens with one attached hydrogen (secondary N) is 1. The number of anilines is 1. The topological polar surface area (TPSA) is 65.8 Å². The van der Waals surface area contributed by atoms with Crippen LogP contribution in [0.25, 0.3) is 6.08 Å². The number of hydrogen-bond acceptors (Lipinski definition) is 3. The Hall–Kier alpha value is -3.00. The van der Waals surface area contributed by atoms with Gasteiger partial charge in [0.2, 0.25) is 0 Å². The molecule has 0 unspecified atom stereocenters. The highest BCUT2D eigenvalue weighted by Crippen LogP contribution is 2.10. The summed E-state index contributed by atoms with van der Waals surface area (Å²) in [5.74, 6) is -0.912. The molecule has 0 spiro atoms. The highest BCUT2D eigenvalue weighted by molar-refractivity contribution is 6.09. The van der Waals surface area contributed by atoms with E-state index >= 15 is 0 Å². The molecule has 1 heterocycles. The first kappa shape index (κ1) is 13.4. The lowest BCUT2D eigenvalue weighted by Crippen LogP contribution is -2.13. The highest BCUT2D eigenvalue weighted by Gasteiger charge is 2.09. The summed E-state index contributed by atoms with van der Waals surface area (Å²) in [4.78, 5) is 15.8. The van der Waals surface area contributed by atoms with Gasteiger partial charge < -0.3 is 5.32 Å². The lowest BCUT2D eigenvalue weighted by Gasteiger charge is -2.03. The summed E-state index contributed by atoms with van der Waals surface area (Å²) in [7, 11) is 0. The van der Waals surface area contributed by atoms with Crippen LogP contribution < -0.4 is 5.32 Å². The van der Waals surface area contributed by atoms with E-state index in [1.165, 1.54) is 36.5 Å². The van der Waals surface area contributed by atoms with Gasteiger partial charge in [0.05, 0.1) is 11.9 Å². The third-order valence-electron chi connectivity index (χ3n) is 2.47. The number of hydrogen-bond donors (Lipinski definition) is 1. The summed E-state index contributed by atoms with van der Waals surface area (Å²) >= 11 is 0. The zero-order valence-electron chi connectivity index (χ0n) is 10.4. The van der Waals surface area contributed by atoms with Crippen LogP contribution in [0.1, 0.15) is 5.56 Å². The van der Waals surface area contributed by atoms with Crippen LogP contribution in [0.5, 0.6) is 0 Å². The standard InChI is InChI=1S/C15H10FN3O/c16-13-5-3-11(4-6-13)8-12(9-17)15(20)19-14-2-1-7-18-10-14/h1-8,10H,(H,19,20). The molecule has 0 fully saturated rings. The van der Waals surface area contributed by atoms with Crippen molar-refractivity contribution in [1.82, 2.24) is 4.98 Å². The molecule has 2 aromatic rings. The Morgan fingerprint density at radius 1 is 1.30 bits per heavy atom. The average Bonchev–Trinajstić information content (AvgIpc) is 2.47. The molecule has 0 bridgehead atoms. The molecular weight excluding hydrogens is 257 g/mol. The summed E-state index contributed by atoms with van der Waals surface area (Å²) in [6, 6.07) is 10.7. The van der Waals surface area contributed by atoms with Crippen molar-refractivity contribution in [2.75, 3.05) is 5.32 Å². The van der Waals surface area contributed by atoms with Crippen molar-refractivity contribution in [3.63, 3.8) is 0 Å². The summed E-state index contributed by atoms with van der Waals surface area (Å²) in [5, 5.41) is 11.6. The molecule has 0 saturated heterocycles. The first-order valence-corrected chi connectivity index (χ1v) is 5.78. The molecule has 5 heteroatoms. The number of halogens is 1. The maximum Gasteiger partial charge on any atom is 0.266 e. The lowest BCUT2D eigenvalue weighted by atomic mass is 10.1. The Kier molecular flexibility index (Phi) is 4.20. The summed E-state index contributed by atoms with van der Waals surface area (Å²) in [6.45, 7) is 0. The Morgan fingerprint density at radius 3 is 2.65 bits per heavy atom. The maximum atomic E-state index is 12.8. The quantitative estimate of drug-likeness (QED) is 0.687. The number of carbonyl (C=O) groups is 1. The van der Waals surface area contributed by atoms with E-state index < -0.39 is 5.91 Å². The van der Waals surface area contributed by atoms with Crippen LogP contribution in [0.2, 0.25) is 0 Å². The number of rotatable bonds is 3. The third-order valence-corrected chi connectivity index (χ3v) is 2.47. The van der Waals surface area contributed by atoms with Gasteiger partial charge in [0.15, 0.2) is 0 Å². The van der Waals surface area contributed by atoms with Gasteiger partial charge in [0.1, 0.15) is 17.5 Å². The number of carbonyl (C=O) groups excluding carboxylic acids is 1. The number of aromatic nitrogens is 1. The van der Waals surface area contributed by atoms with Gasteiger partial charge in [0, 0.05) is 6.20 Å². The SMILES string of the molecule is N#CC(=Cc1ccc(F)cc1)C(=O)Nc1cccnc1. The Bertz CT molecular complexity index is 673. The number of benzene rings is 1. The van der Waals surface area contributed by atoms with E-state index in [1.807, 2.05) is 6.07 Å². The molecular formula is C15H10FN3O. The summed E-state index contributed by atoms with van der Waals surface area (Å²) in [5.41, 5.74) is 1.00. The van der Waals surface area contributed by atoms with E-state index in [2.05, 4.69) is 10.3 Å². The Labute approximate surface area is 115 Å². The predicted molar refractivity (Wildman–Crippen MR) is 72.9 cm³/mol. The zero-order chi connectivity index (χ0) is 14.4. The number of pyridine rings is 1. The monoisotopic (exact) mass is 267 g/mol. The van der Waals surface area contributed by atoms with E-state index in [4.69, 9.17) is 5.26 Å². The first-order chi connectivity index (χ1) is 9.69. The lowest BCUT2D eigenvalue weighted by molar-refractivity contribution is -0.112. The minimum Gasteiger partial charge on any atom is -0.320 e. The molecule has 98 valence electrons. The molecule has 1 aromatic heterocycles. The second kappa shape index (κ2) is 6.25. The van der Waals surface area contributed by atoms with E-state index in [1.54, 1.807) is 18.3 Å². The summed E-state index contributed by atoms with van der Waals surface area (Å²) < 4.78 is 12.8. The van der Waals surface area contributed by atoms with Crippen LogP contribution in [0.4, 0.5) is 10.1 Å². The van der Waals surface area contributed by atoms with Crippen molar-refractivity contribution >= 4 is 17.7 Å². The van der Waals surface area contributed by atoms with Crippen LogP contribution in [-0.4, -0.2) is 10.9 Å². The van der Waals surface area contributed by atoms with Crippen LogP contribution >= 0.6 is 0 Å². The van der Waals surface area contributed by atoms with Crippen molar-refractivity contribution in [2.45, 2.75) is 0 Å². The van der Waals surface area contributed by atoms with E-state index in [-0.39, 0.29) is 11.4 Å². The van der Waals surface area contributed by atoms with Gasteiger partial charge in [-0.15, -0.1) is 0 Å². The fourth-order valence-corrected chi connectivity index (χ4v) is 1.51. The van der Waals surface area contributed by atoms with Gasteiger partial charge in [-0.1, -0.05) is 12.1 Å². The molecule has 0 aliphatic heterocycles. The van der Waals surface area contributed by atoms with Gasteiger partial charge in [-0.3, -0.25) is 9.78 Å². The molecule has 0 aliphatic rings. The van der Waals surface area contributed by atoms with E-state index in [9.17, 15) is 9.18 Å². The molecule has 0 aliphatic carbocycles.